The summed E-state index contributed by atoms with van der Waals surface area (Å²) in [4.78, 5) is 9.06. The van der Waals surface area contributed by atoms with Crippen molar-refractivity contribution in [3.05, 3.63) is 23.1 Å². The summed E-state index contributed by atoms with van der Waals surface area (Å²) in [7, 11) is 0. The van der Waals surface area contributed by atoms with Crippen LogP contribution in [0.15, 0.2) is 12.3 Å². The van der Waals surface area contributed by atoms with E-state index in [0.717, 1.165) is 30.0 Å². The zero-order valence-electron chi connectivity index (χ0n) is 11.2. The molecule has 1 fully saturated rings. The molecule has 0 spiro atoms. The summed E-state index contributed by atoms with van der Waals surface area (Å²) in [6.45, 7) is 5.59. The number of aromatic nitrogens is 3. The summed E-state index contributed by atoms with van der Waals surface area (Å²) in [5, 5.41) is 0.626. The van der Waals surface area contributed by atoms with Gasteiger partial charge in [0.05, 0.1) is 5.02 Å². The number of imidazole rings is 1. The Labute approximate surface area is 122 Å². The molecule has 2 aromatic heterocycles. The lowest BCUT2D eigenvalue weighted by Crippen LogP contribution is -2.09. The van der Waals surface area contributed by atoms with E-state index in [-0.39, 0.29) is 0 Å². The van der Waals surface area contributed by atoms with Crippen LogP contribution in [-0.2, 0) is 13.0 Å². The van der Waals surface area contributed by atoms with E-state index in [0.29, 0.717) is 22.2 Å². The topological polar surface area (TPSA) is 30.7 Å². The highest BCUT2D eigenvalue weighted by atomic mass is 35.5. The minimum absolute atomic E-state index is 0.446. The molecule has 0 bridgehead atoms. The van der Waals surface area contributed by atoms with Gasteiger partial charge in [-0.15, -0.1) is 11.6 Å². The maximum absolute atomic E-state index is 5.98. The number of rotatable bonds is 4. The Balaban J connectivity index is 2.01. The van der Waals surface area contributed by atoms with Crippen molar-refractivity contribution >= 4 is 34.4 Å². The molecule has 0 radical (unpaired) electrons. The Morgan fingerprint density at radius 1 is 1.47 bits per heavy atom. The number of hydrogen-bond acceptors (Lipinski definition) is 2. The van der Waals surface area contributed by atoms with Crippen molar-refractivity contribution in [2.45, 2.75) is 33.2 Å². The summed E-state index contributed by atoms with van der Waals surface area (Å²) in [5.74, 6) is 2.30. The number of nitrogens with zero attached hydrogens (tertiary/aromatic N) is 3. The Bertz CT molecular complexity index is 618. The van der Waals surface area contributed by atoms with Crippen LogP contribution in [0.5, 0.6) is 0 Å². The first-order chi connectivity index (χ1) is 9.01. The van der Waals surface area contributed by atoms with Crippen LogP contribution in [-0.4, -0.2) is 20.4 Å². The molecule has 1 unspecified atom stereocenters. The van der Waals surface area contributed by atoms with Gasteiger partial charge in [-0.2, -0.15) is 0 Å². The van der Waals surface area contributed by atoms with E-state index in [2.05, 4.69) is 28.4 Å². The van der Waals surface area contributed by atoms with Crippen LogP contribution < -0.4 is 0 Å². The summed E-state index contributed by atoms with van der Waals surface area (Å²) in [5.41, 5.74) is 2.24. The van der Waals surface area contributed by atoms with Gasteiger partial charge < -0.3 is 4.57 Å². The highest BCUT2D eigenvalue weighted by molar-refractivity contribution is 6.31. The molecule has 5 heteroatoms. The van der Waals surface area contributed by atoms with Crippen molar-refractivity contribution in [2.75, 3.05) is 5.88 Å². The van der Waals surface area contributed by atoms with E-state index < -0.39 is 0 Å². The molecule has 0 saturated heterocycles. The van der Waals surface area contributed by atoms with Crippen LogP contribution in [0.3, 0.4) is 0 Å². The van der Waals surface area contributed by atoms with Gasteiger partial charge in [0.2, 0.25) is 0 Å². The minimum Gasteiger partial charge on any atom is -0.312 e. The number of pyridine rings is 1. The molecule has 2 aromatic rings. The molecule has 3 nitrogen and oxygen atoms in total. The Morgan fingerprint density at radius 3 is 2.84 bits per heavy atom. The van der Waals surface area contributed by atoms with E-state index in [1.807, 2.05) is 6.07 Å². The lowest BCUT2D eigenvalue weighted by atomic mass is 10.1. The number of aryl methyl sites for hydroxylation is 1. The Hall–Kier alpha value is -0.800. The van der Waals surface area contributed by atoms with E-state index in [9.17, 15) is 0 Å². The molecule has 1 aliphatic carbocycles. The molecule has 0 N–H and O–H groups in total. The Kier molecular flexibility index (Phi) is 3.22. The van der Waals surface area contributed by atoms with Crippen LogP contribution in [0.1, 0.15) is 26.1 Å². The fourth-order valence-corrected chi connectivity index (χ4v) is 2.93. The van der Waals surface area contributed by atoms with Crippen molar-refractivity contribution in [1.82, 2.24) is 14.5 Å². The maximum Gasteiger partial charge on any atom is 0.160 e. The zero-order chi connectivity index (χ0) is 13.6. The molecule has 0 aliphatic heterocycles. The molecule has 1 saturated carbocycles. The predicted molar refractivity (Wildman–Crippen MR) is 78.9 cm³/mol. The second-order valence-electron chi connectivity index (χ2n) is 5.96. The molecule has 1 atom stereocenters. The lowest BCUT2D eigenvalue weighted by Gasteiger charge is -2.09. The first-order valence-electron chi connectivity index (χ1n) is 6.58. The third-order valence-corrected chi connectivity index (χ3v) is 4.46. The van der Waals surface area contributed by atoms with Crippen molar-refractivity contribution in [3.63, 3.8) is 0 Å². The minimum atomic E-state index is 0.446. The van der Waals surface area contributed by atoms with Gasteiger partial charge in [-0.25, -0.2) is 9.97 Å². The molecule has 0 amide bonds. The van der Waals surface area contributed by atoms with Gasteiger partial charge in [0.25, 0.3) is 0 Å². The summed E-state index contributed by atoms with van der Waals surface area (Å²) in [6.07, 6.45) is 3.72. The summed E-state index contributed by atoms with van der Waals surface area (Å²) in [6, 6.07) is 1.87. The van der Waals surface area contributed by atoms with Gasteiger partial charge in [0, 0.05) is 25.0 Å². The smallest absolute Gasteiger partial charge is 0.160 e. The maximum atomic E-state index is 5.98. The van der Waals surface area contributed by atoms with Crippen LogP contribution >= 0.6 is 23.2 Å². The number of hydrogen-bond donors (Lipinski definition) is 0. The van der Waals surface area contributed by atoms with Crippen molar-refractivity contribution < 1.29 is 0 Å². The van der Waals surface area contributed by atoms with E-state index in [4.69, 9.17) is 23.2 Å². The van der Waals surface area contributed by atoms with Gasteiger partial charge in [0.1, 0.15) is 11.3 Å². The van der Waals surface area contributed by atoms with Crippen LogP contribution in [0.4, 0.5) is 0 Å². The van der Waals surface area contributed by atoms with Gasteiger partial charge in [-0.05, 0) is 23.8 Å². The monoisotopic (exact) mass is 297 g/mol. The van der Waals surface area contributed by atoms with E-state index in [1.165, 1.54) is 6.42 Å². The highest BCUT2D eigenvalue weighted by Crippen LogP contribution is 2.52. The number of alkyl halides is 1. The third-order valence-electron chi connectivity index (χ3n) is 4.07. The molecule has 3 rings (SSSR count). The number of fused-ring (bicyclic) bond motifs is 1. The first kappa shape index (κ1) is 13.2. The highest BCUT2D eigenvalue weighted by Gasteiger charge is 2.45. The molecular weight excluding hydrogens is 281 g/mol. The molecule has 2 heterocycles. The van der Waals surface area contributed by atoms with Crippen molar-refractivity contribution in [2.24, 2.45) is 11.3 Å². The fraction of sp³-hybridized carbons (Fsp3) is 0.571. The fourth-order valence-electron chi connectivity index (χ4n) is 2.61. The average Bonchev–Trinajstić information content (AvgIpc) is 2.79. The molecule has 19 heavy (non-hydrogen) atoms. The SMILES string of the molecule is CC1(C)CC1Cn1c(CCCl)nc2cc(Cl)cnc21. The van der Waals surface area contributed by atoms with Crippen molar-refractivity contribution in [1.29, 1.82) is 0 Å². The standard InChI is InChI=1S/C14H17Cl2N3/c1-14(2)6-9(14)8-19-12(3-4-15)18-11-5-10(16)7-17-13(11)19/h5,7,9H,3-4,6,8H2,1-2H3. The molecular formula is C14H17Cl2N3. The second kappa shape index (κ2) is 4.64. The third kappa shape index (κ3) is 2.46. The van der Waals surface area contributed by atoms with Gasteiger partial charge in [-0.1, -0.05) is 25.4 Å². The Morgan fingerprint density at radius 2 is 2.21 bits per heavy atom. The van der Waals surface area contributed by atoms with Crippen LogP contribution in [0, 0.1) is 11.3 Å². The molecule has 0 aromatic carbocycles. The van der Waals surface area contributed by atoms with E-state index in [1.54, 1.807) is 6.20 Å². The second-order valence-corrected chi connectivity index (χ2v) is 6.78. The zero-order valence-corrected chi connectivity index (χ0v) is 12.7. The summed E-state index contributed by atoms with van der Waals surface area (Å²) >= 11 is 11.9. The first-order valence-corrected chi connectivity index (χ1v) is 7.49. The quantitative estimate of drug-likeness (QED) is 0.801. The molecule has 1 aliphatic rings. The number of halogens is 2. The van der Waals surface area contributed by atoms with Crippen molar-refractivity contribution in [3.8, 4) is 0 Å². The van der Waals surface area contributed by atoms with Gasteiger partial charge >= 0.3 is 0 Å². The van der Waals surface area contributed by atoms with E-state index >= 15 is 0 Å². The van der Waals surface area contributed by atoms with Gasteiger partial charge in [-0.3, -0.25) is 0 Å². The van der Waals surface area contributed by atoms with Crippen LogP contribution in [0.2, 0.25) is 5.02 Å². The average molecular weight is 298 g/mol. The predicted octanol–water partition coefficient (Wildman–Crippen LogP) is 3.91. The summed E-state index contributed by atoms with van der Waals surface area (Å²) < 4.78 is 2.22. The largest absolute Gasteiger partial charge is 0.312 e. The van der Waals surface area contributed by atoms with Crippen LogP contribution in [0.25, 0.3) is 11.2 Å². The normalized spacial score (nSPS) is 20.9. The molecule has 102 valence electrons. The van der Waals surface area contributed by atoms with Gasteiger partial charge in [0.15, 0.2) is 5.65 Å². The lowest BCUT2D eigenvalue weighted by molar-refractivity contribution is 0.495.